The Kier molecular flexibility index (Phi) is 5.28. The molecule has 1 heterocycles. The molecule has 3 aromatic rings. The molecular formula is C19H18N4O3. The second-order valence-corrected chi connectivity index (χ2v) is 5.32. The molecule has 0 radical (unpaired) electrons. The van der Waals surface area contributed by atoms with Gasteiger partial charge in [-0.3, -0.25) is 4.79 Å². The topological polar surface area (TPSA) is 85.4 Å². The van der Waals surface area contributed by atoms with E-state index in [9.17, 15) is 4.79 Å². The Hall–Kier alpha value is -3.61. The average molecular weight is 350 g/mol. The number of benzene rings is 2. The quantitative estimate of drug-likeness (QED) is 0.708. The first-order valence-electron chi connectivity index (χ1n) is 7.86. The van der Waals surface area contributed by atoms with Crippen molar-refractivity contribution in [2.75, 3.05) is 24.9 Å². The van der Waals surface area contributed by atoms with Gasteiger partial charge in [0.2, 0.25) is 0 Å². The Morgan fingerprint density at radius 3 is 2.00 bits per heavy atom. The number of carbonyl (C=O) groups excluding carboxylic acids is 1. The largest absolute Gasteiger partial charge is 0.497 e. The van der Waals surface area contributed by atoms with Crippen LogP contribution in [0.5, 0.6) is 11.5 Å². The lowest BCUT2D eigenvalue weighted by Crippen LogP contribution is -2.14. The Balaban J connectivity index is 1.69. The van der Waals surface area contributed by atoms with E-state index >= 15 is 0 Å². The summed E-state index contributed by atoms with van der Waals surface area (Å²) in [6.07, 6.45) is 1.34. The number of amides is 1. The summed E-state index contributed by atoms with van der Waals surface area (Å²) in [7, 11) is 3.20. The van der Waals surface area contributed by atoms with Crippen molar-refractivity contribution < 1.29 is 14.3 Å². The van der Waals surface area contributed by atoms with E-state index in [0.29, 0.717) is 11.5 Å². The standard InChI is InChI=1S/C19H18N4O3/c1-25-15-7-3-13(4-8-15)22-18-11-17(20-12-21-18)19(24)23-14-5-9-16(26-2)10-6-14/h3-12H,1-2H3,(H,23,24)(H,20,21,22). The lowest BCUT2D eigenvalue weighted by atomic mass is 10.2. The van der Waals surface area contributed by atoms with Gasteiger partial charge in [-0.15, -0.1) is 0 Å². The van der Waals surface area contributed by atoms with Gasteiger partial charge in [0.1, 0.15) is 29.3 Å². The highest BCUT2D eigenvalue weighted by atomic mass is 16.5. The van der Waals surface area contributed by atoms with Gasteiger partial charge in [0.15, 0.2) is 0 Å². The first kappa shape index (κ1) is 17.2. The van der Waals surface area contributed by atoms with Crippen molar-refractivity contribution in [3.63, 3.8) is 0 Å². The minimum Gasteiger partial charge on any atom is -0.497 e. The second-order valence-electron chi connectivity index (χ2n) is 5.32. The Labute approximate surface area is 151 Å². The summed E-state index contributed by atoms with van der Waals surface area (Å²) < 4.78 is 10.2. The molecule has 0 unspecified atom stereocenters. The van der Waals surface area contributed by atoms with Crippen LogP contribution < -0.4 is 20.1 Å². The SMILES string of the molecule is COc1ccc(NC(=O)c2cc(Nc3ccc(OC)cc3)ncn2)cc1. The minimum absolute atomic E-state index is 0.256. The molecular weight excluding hydrogens is 332 g/mol. The van der Waals surface area contributed by atoms with Crippen molar-refractivity contribution in [3.8, 4) is 11.5 Å². The number of aromatic nitrogens is 2. The number of nitrogens with zero attached hydrogens (tertiary/aromatic N) is 2. The van der Waals surface area contributed by atoms with Gasteiger partial charge in [-0.25, -0.2) is 9.97 Å². The number of hydrogen-bond donors (Lipinski definition) is 2. The summed E-state index contributed by atoms with van der Waals surface area (Å²) >= 11 is 0. The minimum atomic E-state index is -0.324. The van der Waals surface area contributed by atoms with Crippen LogP contribution in [0.4, 0.5) is 17.2 Å². The highest BCUT2D eigenvalue weighted by Gasteiger charge is 2.09. The number of nitrogens with one attached hydrogen (secondary N) is 2. The van der Waals surface area contributed by atoms with Gasteiger partial charge in [0.05, 0.1) is 14.2 Å². The maximum absolute atomic E-state index is 12.4. The van der Waals surface area contributed by atoms with Crippen molar-refractivity contribution in [1.29, 1.82) is 0 Å². The van der Waals surface area contributed by atoms with Gasteiger partial charge >= 0.3 is 0 Å². The lowest BCUT2D eigenvalue weighted by molar-refractivity contribution is 0.102. The van der Waals surface area contributed by atoms with Crippen molar-refractivity contribution in [2.45, 2.75) is 0 Å². The third-order valence-corrected chi connectivity index (χ3v) is 3.61. The molecule has 7 heteroatoms. The molecule has 3 rings (SSSR count). The summed E-state index contributed by atoms with van der Waals surface area (Å²) in [6.45, 7) is 0. The fraction of sp³-hybridized carbons (Fsp3) is 0.105. The zero-order valence-corrected chi connectivity index (χ0v) is 14.4. The molecule has 1 amide bonds. The normalized spacial score (nSPS) is 10.1. The van der Waals surface area contributed by atoms with Crippen LogP contribution >= 0.6 is 0 Å². The monoisotopic (exact) mass is 350 g/mol. The molecule has 0 aliphatic rings. The van der Waals surface area contributed by atoms with Crippen molar-refractivity contribution in [1.82, 2.24) is 9.97 Å². The van der Waals surface area contributed by atoms with Gasteiger partial charge in [0.25, 0.3) is 5.91 Å². The fourth-order valence-corrected chi connectivity index (χ4v) is 2.24. The highest BCUT2D eigenvalue weighted by Crippen LogP contribution is 2.19. The Bertz CT molecular complexity index is 880. The molecule has 26 heavy (non-hydrogen) atoms. The highest BCUT2D eigenvalue weighted by molar-refractivity contribution is 6.03. The van der Waals surface area contributed by atoms with Crippen molar-refractivity contribution in [2.24, 2.45) is 0 Å². The number of carbonyl (C=O) groups is 1. The van der Waals surface area contributed by atoms with Crippen LogP contribution in [0.3, 0.4) is 0 Å². The molecule has 7 nitrogen and oxygen atoms in total. The number of rotatable bonds is 6. The number of methoxy groups -OCH3 is 2. The molecule has 132 valence electrons. The van der Waals surface area contributed by atoms with Gasteiger partial charge < -0.3 is 20.1 Å². The van der Waals surface area contributed by atoms with E-state index in [2.05, 4.69) is 20.6 Å². The number of hydrogen-bond acceptors (Lipinski definition) is 6. The Morgan fingerprint density at radius 1 is 0.846 bits per heavy atom. The van der Waals surface area contributed by atoms with Gasteiger partial charge in [0, 0.05) is 17.4 Å². The third-order valence-electron chi connectivity index (χ3n) is 3.61. The van der Waals surface area contributed by atoms with Gasteiger partial charge in [-0.2, -0.15) is 0 Å². The maximum atomic E-state index is 12.4. The number of ether oxygens (including phenoxy) is 2. The first-order valence-corrected chi connectivity index (χ1v) is 7.86. The molecule has 0 saturated heterocycles. The average Bonchev–Trinajstić information content (AvgIpc) is 2.69. The smallest absolute Gasteiger partial charge is 0.274 e. The van der Waals surface area contributed by atoms with E-state index in [4.69, 9.17) is 9.47 Å². The number of anilines is 3. The maximum Gasteiger partial charge on any atom is 0.274 e. The van der Waals surface area contributed by atoms with E-state index < -0.39 is 0 Å². The Morgan fingerprint density at radius 2 is 1.42 bits per heavy atom. The van der Waals surface area contributed by atoms with Gasteiger partial charge in [-0.1, -0.05) is 0 Å². The summed E-state index contributed by atoms with van der Waals surface area (Å²) in [6, 6.07) is 16.0. The van der Waals surface area contributed by atoms with Crippen LogP contribution in [0, 0.1) is 0 Å². The van der Waals surface area contributed by atoms with E-state index in [1.165, 1.54) is 6.33 Å². The van der Waals surface area contributed by atoms with Gasteiger partial charge in [-0.05, 0) is 48.5 Å². The zero-order valence-electron chi connectivity index (χ0n) is 14.4. The summed E-state index contributed by atoms with van der Waals surface area (Å²) in [5, 5.41) is 5.91. The van der Waals surface area contributed by atoms with E-state index in [1.807, 2.05) is 24.3 Å². The molecule has 2 aromatic carbocycles. The summed E-state index contributed by atoms with van der Waals surface area (Å²) in [5.74, 6) is 1.68. The van der Waals surface area contributed by atoms with Crippen LogP contribution in [-0.2, 0) is 0 Å². The van der Waals surface area contributed by atoms with E-state index in [0.717, 1.165) is 17.2 Å². The first-order chi connectivity index (χ1) is 12.7. The zero-order chi connectivity index (χ0) is 18.4. The fourth-order valence-electron chi connectivity index (χ4n) is 2.24. The molecule has 0 aliphatic heterocycles. The molecule has 0 saturated carbocycles. The van der Waals surface area contributed by atoms with Crippen molar-refractivity contribution in [3.05, 3.63) is 66.6 Å². The molecule has 0 bridgehead atoms. The van der Waals surface area contributed by atoms with Crippen molar-refractivity contribution >= 4 is 23.1 Å². The van der Waals surface area contributed by atoms with Crippen LogP contribution in [0.25, 0.3) is 0 Å². The lowest BCUT2D eigenvalue weighted by Gasteiger charge is -2.09. The van der Waals surface area contributed by atoms with Crippen LogP contribution in [0.2, 0.25) is 0 Å². The van der Waals surface area contributed by atoms with Crippen LogP contribution in [0.1, 0.15) is 10.5 Å². The van der Waals surface area contributed by atoms with E-state index in [1.54, 1.807) is 44.6 Å². The summed E-state index contributed by atoms with van der Waals surface area (Å²) in [5.41, 5.74) is 1.73. The van der Waals surface area contributed by atoms with Crippen LogP contribution in [-0.4, -0.2) is 30.1 Å². The third kappa shape index (κ3) is 4.27. The van der Waals surface area contributed by atoms with Crippen LogP contribution in [0.15, 0.2) is 60.9 Å². The predicted molar refractivity (Wildman–Crippen MR) is 99.3 cm³/mol. The molecule has 2 N–H and O–H groups in total. The summed E-state index contributed by atoms with van der Waals surface area (Å²) in [4.78, 5) is 20.5. The predicted octanol–water partition coefficient (Wildman–Crippen LogP) is 3.49. The molecule has 0 aliphatic carbocycles. The molecule has 1 aromatic heterocycles. The molecule has 0 spiro atoms. The second kappa shape index (κ2) is 7.98. The molecule has 0 atom stereocenters. The molecule has 0 fully saturated rings. The van der Waals surface area contributed by atoms with E-state index in [-0.39, 0.29) is 11.6 Å².